The van der Waals surface area contributed by atoms with Crippen LogP contribution in [0.5, 0.6) is 0 Å². The Morgan fingerprint density at radius 2 is 1.55 bits per heavy atom. The van der Waals surface area contributed by atoms with E-state index in [0.717, 1.165) is 12.8 Å². The van der Waals surface area contributed by atoms with Crippen molar-refractivity contribution >= 4 is 5.78 Å². The molecular weight excluding hydrogens is 288 g/mol. The van der Waals surface area contributed by atoms with Crippen LogP contribution >= 0.6 is 0 Å². The van der Waals surface area contributed by atoms with E-state index in [1.807, 2.05) is 0 Å². The number of rotatable bonds is 6. The molecule has 0 aromatic rings. The van der Waals surface area contributed by atoms with Crippen molar-refractivity contribution in [2.45, 2.75) is 80.3 Å². The molecule has 10 saturated heterocycles. The van der Waals surface area contributed by atoms with Gasteiger partial charge in [0.15, 0.2) is 0 Å². The second-order valence-corrected chi connectivity index (χ2v) is 35.6. The summed E-state index contributed by atoms with van der Waals surface area (Å²) < 4.78 is 0.627. The van der Waals surface area contributed by atoms with E-state index in [1.165, 1.54) is 61.8 Å². The first-order valence-corrected chi connectivity index (χ1v) is 15.2. The zero-order chi connectivity index (χ0) is 13.0. The van der Waals surface area contributed by atoms with Gasteiger partial charge < -0.3 is 0 Å². The van der Waals surface area contributed by atoms with Crippen LogP contribution in [0.25, 0.3) is 0 Å². The Morgan fingerprint density at radius 3 is 1.90 bits per heavy atom. The minimum atomic E-state index is -3.08. The van der Waals surface area contributed by atoms with E-state index >= 15 is 0 Å². The fraction of sp³-hybridized carbons (Fsp3) is 0.833. The van der Waals surface area contributed by atoms with Gasteiger partial charge in [-0.1, -0.05) is 0 Å². The molecule has 2 heteroatoms. The molecule has 0 amide bonds. The van der Waals surface area contributed by atoms with E-state index < -0.39 is 6.51 Å². The van der Waals surface area contributed by atoms with E-state index in [9.17, 15) is 4.79 Å². The van der Waals surface area contributed by atoms with Crippen molar-refractivity contribution in [2.24, 2.45) is 0 Å². The topological polar surface area (TPSA) is 17.1 Å². The maximum atomic E-state index is 12.8. The summed E-state index contributed by atoms with van der Waals surface area (Å²) >= 11 is 0. The number of ketones is 1. The molecule has 1 spiro atoms. The maximum absolute atomic E-state index is 12.8. The number of carbonyl (C=O) groups excluding carboxylic acids is 1. The van der Waals surface area contributed by atoms with Gasteiger partial charge in [0.1, 0.15) is 0 Å². The Hall–Kier alpha value is -0.0705. The van der Waals surface area contributed by atoms with E-state index in [-0.39, 0.29) is 0 Å². The molecule has 10 fully saturated rings. The fourth-order valence-electron chi connectivity index (χ4n) is 17.9. The van der Waals surface area contributed by atoms with Gasteiger partial charge in [-0.15, -0.1) is 0 Å². The summed E-state index contributed by atoms with van der Waals surface area (Å²) in [4.78, 5) is 24.4. The van der Waals surface area contributed by atoms with Gasteiger partial charge in [0.2, 0.25) is 0 Å². The Bertz CT molecular complexity index is 1000. The van der Waals surface area contributed by atoms with Gasteiger partial charge in [0.25, 0.3) is 0 Å². The average Bonchev–Trinajstić information content (AvgIpc) is 3.38. The molecule has 1 nitrogen and oxygen atoms in total. The number of hydrogen-bond acceptors (Lipinski definition) is 1. The van der Waals surface area contributed by atoms with Crippen molar-refractivity contribution in [1.82, 2.24) is 0 Å². The summed E-state index contributed by atoms with van der Waals surface area (Å²) in [5.41, 5.74) is 1.25. The van der Waals surface area contributed by atoms with Gasteiger partial charge in [0.05, 0.1) is 0 Å². The first-order chi connectivity index (χ1) is 9.44. The van der Waals surface area contributed by atoms with Crippen molar-refractivity contribution in [2.75, 3.05) is 0 Å². The number of fused-ring (bicyclic) bond motifs is 10. The number of unbranched alkanes of at least 4 members (excludes halogenated alkanes) is 2. The second-order valence-electron chi connectivity index (χ2n) is 12.0. The van der Waals surface area contributed by atoms with Crippen LogP contribution in [-0.2, 0) is 11.3 Å². The third-order valence-electron chi connectivity index (χ3n) is 16.5. The van der Waals surface area contributed by atoms with Crippen molar-refractivity contribution in [3.05, 3.63) is 12.2 Å². The summed E-state index contributed by atoms with van der Waals surface area (Å²) in [6, 6.07) is 0. The normalized spacial score (nSPS) is 103. The van der Waals surface area contributed by atoms with E-state index in [1.54, 1.807) is 0 Å². The Labute approximate surface area is 109 Å². The molecule has 20 heavy (non-hydrogen) atoms. The quantitative estimate of drug-likeness (QED) is 0.362. The van der Waals surface area contributed by atoms with Gasteiger partial charge in [-0.3, -0.25) is 0 Å². The molecule has 108 valence electrons. The zero-order valence-corrected chi connectivity index (χ0v) is 13.1. The fourth-order valence-corrected chi connectivity index (χ4v) is 92.2. The molecule has 10 heterocycles. The van der Waals surface area contributed by atoms with Gasteiger partial charge in [-0.25, -0.2) is 0 Å². The Balaban J connectivity index is 1.24. The van der Waals surface area contributed by atoms with Crippen LogP contribution in [0, 0.1) is 0 Å². The molecule has 0 radical (unpaired) electrons. The SMILES string of the molecule is C=C(C(=O)CCCCC)[C]12[CH]3[CH]4[CH]5[CH]1[Fe]45321678[CH]2[CH]1[CH]6[CH]7[CH]28. The third-order valence-corrected chi connectivity index (χ3v) is 58.9. The zero-order valence-electron chi connectivity index (χ0n) is 12.0. The molecule has 0 aliphatic carbocycles. The molecule has 4 unspecified atom stereocenters. The van der Waals surface area contributed by atoms with Gasteiger partial charge >= 0.3 is 110 Å². The number of hydrogen-bond donors (Lipinski definition) is 0. The average molecular weight is 310 g/mol. The van der Waals surface area contributed by atoms with Crippen molar-refractivity contribution in [1.29, 1.82) is 0 Å². The molecule has 10 aliphatic heterocycles. The van der Waals surface area contributed by atoms with E-state index in [0.29, 0.717) is 10.1 Å². The molecule has 4 atom stereocenters. The summed E-state index contributed by atoms with van der Waals surface area (Å²) in [6.45, 7) is 3.66. The molecule has 0 saturated carbocycles. The summed E-state index contributed by atoms with van der Waals surface area (Å²) in [6.07, 6.45) is 4.38. The van der Waals surface area contributed by atoms with E-state index in [4.69, 9.17) is 0 Å². The molecule has 0 aromatic heterocycles. The van der Waals surface area contributed by atoms with Crippen LogP contribution in [0.2, 0.25) is 47.7 Å². The van der Waals surface area contributed by atoms with Crippen LogP contribution in [-0.4, -0.2) is 5.78 Å². The molecular formula is C18H22FeO. The Morgan fingerprint density at radius 1 is 1.00 bits per heavy atom. The number of Topliss-reactive ketones (excluding diaryl/α,β-unsaturated/α-hetero) is 1. The second kappa shape index (κ2) is 0.787. The first kappa shape index (κ1) is 8.53. The van der Waals surface area contributed by atoms with Crippen molar-refractivity contribution in [3.63, 3.8) is 0 Å². The monoisotopic (exact) mass is 310 g/mol. The van der Waals surface area contributed by atoms with Crippen LogP contribution < -0.4 is 0 Å². The van der Waals surface area contributed by atoms with Gasteiger partial charge in [-0.2, -0.15) is 0 Å². The molecule has 0 aromatic carbocycles. The van der Waals surface area contributed by atoms with E-state index in [2.05, 4.69) is 13.5 Å². The van der Waals surface area contributed by atoms with Crippen LogP contribution in [0.4, 0.5) is 0 Å². The number of allylic oxidation sites excluding steroid dienone is 1. The Kier molecular flexibility index (Phi) is 0.336. The van der Waals surface area contributed by atoms with Crippen LogP contribution in [0.15, 0.2) is 12.2 Å². The van der Waals surface area contributed by atoms with Crippen molar-refractivity contribution < 1.29 is 11.3 Å². The van der Waals surface area contributed by atoms with Crippen molar-refractivity contribution in [3.8, 4) is 0 Å². The molecule has 0 N–H and O–H groups in total. The standard InChI is InChI=1S/C13H17O.C5H5.Fe/c1-3-4-5-10-13(14)11(2)12-8-6-7-9-12;1-2-4-5-3-1;/h6-9H,2-5,10H2,1H3;1-5H;. The third kappa shape index (κ3) is 0.0989. The van der Waals surface area contributed by atoms with Crippen LogP contribution in [0.3, 0.4) is 0 Å². The van der Waals surface area contributed by atoms with Gasteiger partial charge in [0, 0.05) is 0 Å². The summed E-state index contributed by atoms with van der Waals surface area (Å²) in [5, 5.41) is 0. The minimum absolute atomic E-state index is 0.520. The number of carbonyl (C=O) groups is 1. The van der Waals surface area contributed by atoms with Crippen LogP contribution in [0.1, 0.15) is 32.6 Å². The molecule has 10 rings (SSSR count). The van der Waals surface area contributed by atoms with Gasteiger partial charge in [-0.05, 0) is 0 Å². The predicted octanol–water partition coefficient (Wildman–Crippen LogP) is 5.45. The predicted molar refractivity (Wildman–Crippen MR) is 74.7 cm³/mol. The molecule has 10 aliphatic rings. The first-order valence-electron chi connectivity index (χ1n) is 8.88. The molecule has 0 bridgehead atoms. The summed E-state index contributed by atoms with van der Waals surface area (Å²) in [7, 11) is 0. The summed E-state index contributed by atoms with van der Waals surface area (Å²) in [5.74, 6) is 0.520.